The van der Waals surface area contributed by atoms with Gasteiger partial charge in [-0.25, -0.2) is 8.42 Å². The molecule has 0 saturated heterocycles. The minimum Gasteiger partial charge on any atom is -0.352 e. The molecule has 0 aromatic heterocycles. The predicted molar refractivity (Wildman–Crippen MR) is 191 cm³/mol. The summed E-state index contributed by atoms with van der Waals surface area (Å²) in [7, 11) is -4.15. The van der Waals surface area contributed by atoms with Gasteiger partial charge in [-0.2, -0.15) is 0 Å². The standard InChI is InChI=1S/C38H42BrN3O4S/c1-28-21-22-35(29(2)23-28)42(47(45,46)34-19-10-5-11-20-34)27-37(43)41(26-31-15-12-16-32(39)24-31)36(25-30-13-6-3-7-14-30)38(44)40-33-17-8-4-9-18-33/h3,5-7,10-16,19-24,33,36H,4,8-9,17-18,25-27H2,1-2H3,(H,40,44)/t36-/m0/s1. The van der Waals surface area contributed by atoms with Gasteiger partial charge >= 0.3 is 0 Å². The first-order chi connectivity index (χ1) is 22.6. The van der Waals surface area contributed by atoms with E-state index in [4.69, 9.17) is 0 Å². The highest BCUT2D eigenvalue weighted by Gasteiger charge is 2.35. The van der Waals surface area contributed by atoms with E-state index in [1.807, 2.05) is 80.6 Å². The molecular weight excluding hydrogens is 674 g/mol. The van der Waals surface area contributed by atoms with Crippen LogP contribution in [0.5, 0.6) is 0 Å². The Morgan fingerprint density at radius 2 is 1.49 bits per heavy atom. The highest BCUT2D eigenvalue weighted by Crippen LogP contribution is 2.29. The van der Waals surface area contributed by atoms with Crippen LogP contribution in [0.3, 0.4) is 0 Å². The van der Waals surface area contributed by atoms with Crippen LogP contribution in [0, 0.1) is 13.8 Å². The molecule has 7 nitrogen and oxygen atoms in total. The van der Waals surface area contributed by atoms with E-state index in [1.54, 1.807) is 29.2 Å². The second-order valence-corrected chi connectivity index (χ2v) is 15.1. The maximum Gasteiger partial charge on any atom is 0.264 e. The van der Waals surface area contributed by atoms with Crippen LogP contribution in [-0.2, 0) is 32.6 Å². The molecule has 1 N–H and O–H groups in total. The van der Waals surface area contributed by atoms with Gasteiger partial charge in [0.15, 0.2) is 0 Å². The van der Waals surface area contributed by atoms with Crippen molar-refractivity contribution in [2.75, 3.05) is 10.8 Å². The molecule has 0 unspecified atom stereocenters. The summed E-state index contributed by atoms with van der Waals surface area (Å²) in [6, 6.07) is 30.1. The van der Waals surface area contributed by atoms with Crippen LogP contribution in [-0.4, -0.2) is 43.8 Å². The van der Waals surface area contributed by atoms with Gasteiger partial charge in [0, 0.05) is 23.5 Å². The van der Waals surface area contributed by atoms with Crippen molar-refractivity contribution in [3.05, 3.63) is 130 Å². The van der Waals surface area contributed by atoms with Crippen molar-refractivity contribution in [2.24, 2.45) is 0 Å². The molecule has 2 amide bonds. The summed E-state index contributed by atoms with van der Waals surface area (Å²) in [6.45, 7) is 3.43. The van der Waals surface area contributed by atoms with Gasteiger partial charge in [0.1, 0.15) is 12.6 Å². The van der Waals surface area contributed by atoms with Crippen LogP contribution in [0.15, 0.2) is 112 Å². The average molecular weight is 717 g/mol. The van der Waals surface area contributed by atoms with E-state index in [1.165, 1.54) is 16.4 Å². The van der Waals surface area contributed by atoms with E-state index >= 15 is 0 Å². The molecule has 1 atom stereocenters. The minimum absolute atomic E-state index is 0.0440. The molecule has 4 aromatic rings. The van der Waals surface area contributed by atoms with E-state index in [0.717, 1.165) is 58.8 Å². The Morgan fingerprint density at radius 3 is 2.15 bits per heavy atom. The van der Waals surface area contributed by atoms with Crippen molar-refractivity contribution >= 4 is 43.5 Å². The summed E-state index contributed by atoms with van der Waals surface area (Å²) in [5.41, 5.74) is 3.85. The maximum absolute atomic E-state index is 14.7. The number of anilines is 1. The van der Waals surface area contributed by atoms with Crippen LogP contribution in [0.25, 0.3) is 0 Å². The zero-order valence-electron chi connectivity index (χ0n) is 26.9. The molecular formula is C38H42BrN3O4S. The van der Waals surface area contributed by atoms with Crippen molar-refractivity contribution in [1.82, 2.24) is 10.2 Å². The number of aryl methyl sites for hydroxylation is 2. The average Bonchev–Trinajstić information content (AvgIpc) is 3.07. The van der Waals surface area contributed by atoms with Crippen LogP contribution in [0.2, 0.25) is 0 Å². The van der Waals surface area contributed by atoms with Gasteiger partial charge in [0.2, 0.25) is 11.8 Å². The first-order valence-electron chi connectivity index (χ1n) is 16.1. The van der Waals surface area contributed by atoms with Gasteiger partial charge in [-0.3, -0.25) is 13.9 Å². The first-order valence-corrected chi connectivity index (χ1v) is 18.4. The van der Waals surface area contributed by atoms with Gasteiger partial charge in [0.25, 0.3) is 10.0 Å². The zero-order chi connectivity index (χ0) is 33.4. The zero-order valence-corrected chi connectivity index (χ0v) is 29.3. The van der Waals surface area contributed by atoms with Crippen molar-refractivity contribution < 1.29 is 18.0 Å². The Kier molecular flexibility index (Phi) is 11.5. The van der Waals surface area contributed by atoms with Gasteiger partial charge < -0.3 is 10.2 Å². The number of hydrogen-bond donors (Lipinski definition) is 1. The summed E-state index contributed by atoms with van der Waals surface area (Å²) >= 11 is 3.54. The van der Waals surface area contributed by atoms with Crippen molar-refractivity contribution in [2.45, 2.75) is 75.9 Å². The van der Waals surface area contributed by atoms with Crippen LogP contribution < -0.4 is 9.62 Å². The highest BCUT2D eigenvalue weighted by atomic mass is 79.9. The lowest BCUT2D eigenvalue weighted by Gasteiger charge is -2.35. The molecule has 9 heteroatoms. The Balaban J connectivity index is 1.58. The highest BCUT2D eigenvalue weighted by molar-refractivity contribution is 9.10. The largest absolute Gasteiger partial charge is 0.352 e. The molecule has 1 fully saturated rings. The molecule has 5 rings (SSSR count). The smallest absolute Gasteiger partial charge is 0.264 e. The number of carbonyl (C=O) groups excluding carboxylic acids is 2. The Morgan fingerprint density at radius 1 is 0.830 bits per heavy atom. The van der Waals surface area contributed by atoms with E-state index in [2.05, 4.69) is 21.2 Å². The number of nitrogens with zero attached hydrogens (tertiary/aromatic N) is 2. The van der Waals surface area contributed by atoms with Crippen LogP contribution in [0.4, 0.5) is 5.69 Å². The lowest BCUT2D eigenvalue weighted by molar-refractivity contribution is -0.140. The Hall–Kier alpha value is -3.95. The molecule has 0 heterocycles. The van der Waals surface area contributed by atoms with Gasteiger partial charge in [-0.05, 0) is 73.7 Å². The molecule has 0 radical (unpaired) electrons. The van der Waals surface area contributed by atoms with E-state index < -0.39 is 28.5 Å². The fourth-order valence-electron chi connectivity index (χ4n) is 6.25. The summed E-state index contributed by atoms with van der Waals surface area (Å²) < 4.78 is 30.5. The Bertz CT molecular complexity index is 1780. The molecule has 1 saturated carbocycles. The van der Waals surface area contributed by atoms with Crippen LogP contribution in [0.1, 0.15) is 54.4 Å². The number of hydrogen-bond acceptors (Lipinski definition) is 4. The van der Waals surface area contributed by atoms with E-state index in [-0.39, 0.29) is 29.8 Å². The third-order valence-corrected chi connectivity index (χ3v) is 11.0. The second kappa shape index (κ2) is 15.8. The predicted octanol–water partition coefficient (Wildman–Crippen LogP) is 7.35. The number of sulfonamides is 1. The maximum atomic E-state index is 14.7. The quantitative estimate of drug-likeness (QED) is 0.166. The molecule has 1 aliphatic rings. The fourth-order valence-corrected chi connectivity index (χ4v) is 8.19. The molecule has 4 aromatic carbocycles. The normalized spacial score (nSPS) is 14.3. The molecule has 1 aliphatic carbocycles. The lowest BCUT2D eigenvalue weighted by atomic mass is 9.94. The summed E-state index contributed by atoms with van der Waals surface area (Å²) in [5, 5.41) is 3.25. The van der Waals surface area contributed by atoms with E-state index in [9.17, 15) is 18.0 Å². The van der Waals surface area contributed by atoms with Crippen molar-refractivity contribution in [1.29, 1.82) is 0 Å². The van der Waals surface area contributed by atoms with Gasteiger partial charge in [-0.15, -0.1) is 0 Å². The second-order valence-electron chi connectivity index (χ2n) is 12.3. The van der Waals surface area contributed by atoms with E-state index in [0.29, 0.717) is 5.69 Å². The van der Waals surface area contributed by atoms with Crippen LogP contribution >= 0.6 is 15.9 Å². The fraction of sp³-hybridized carbons (Fsp3) is 0.316. The molecule has 47 heavy (non-hydrogen) atoms. The van der Waals surface area contributed by atoms with Crippen molar-refractivity contribution in [3.8, 4) is 0 Å². The summed E-state index contributed by atoms with van der Waals surface area (Å²) in [4.78, 5) is 30.6. The van der Waals surface area contributed by atoms with Gasteiger partial charge in [-0.1, -0.05) is 114 Å². The number of rotatable bonds is 12. The Labute approximate surface area is 287 Å². The molecule has 0 aliphatic heterocycles. The molecule has 0 spiro atoms. The van der Waals surface area contributed by atoms with Gasteiger partial charge in [0.05, 0.1) is 10.6 Å². The molecule has 0 bridgehead atoms. The monoisotopic (exact) mass is 715 g/mol. The molecule has 246 valence electrons. The number of carbonyl (C=O) groups is 2. The number of halogens is 1. The summed E-state index contributed by atoms with van der Waals surface area (Å²) in [6.07, 6.45) is 5.35. The third kappa shape index (κ3) is 8.90. The summed E-state index contributed by atoms with van der Waals surface area (Å²) in [5.74, 6) is -0.697. The minimum atomic E-state index is -4.15. The number of nitrogens with one attached hydrogen (secondary N) is 1. The number of benzene rings is 4. The lowest BCUT2D eigenvalue weighted by Crippen LogP contribution is -2.55. The van der Waals surface area contributed by atoms with Crippen molar-refractivity contribution in [3.63, 3.8) is 0 Å². The number of amides is 2. The first kappa shape index (κ1) is 34.4. The SMILES string of the molecule is Cc1ccc(N(CC(=O)N(Cc2cccc(Br)c2)[C@@H](Cc2ccccc2)C(=O)NC2CCCCC2)S(=O)(=O)c2ccccc2)c(C)c1. The topological polar surface area (TPSA) is 86.8 Å². The third-order valence-electron chi connectivity index (χ3n) is 8.70.